The van der Waals surface area contributed by atoms with Crippen LogP contribution >= 0.6 is 11.8 Å². The molecule has 0 radical (unpaired) electrons. The first-order valence-corrected chi connectivity index (χ1v) is 11.0. The predicted molar refractivity (Wildman–Crippen MR) is 125 cm³/mol. The van der Waals surface area contributed by atoms with Crippen LogP contribution in [0.2, 0.25) is 0 Å². The Bertz CT molecular complexity index is 1270. The van der Waals surface area contributed by atoms with E-state index in [1.165, 1.54) is 24.3 Å². The third-order valence-electron chi connectivity index (χ3n) is 4.58. The molecule has 0 unspecified atom stereocenters. The molecule has 9 heteroatoms. The number of anilines is 2. The van der Waals surface area contributed by atoms with Gasteiger partial charge in [-0.2, -0.15) is 0 Å². The van der Waals surface area contributed by atoms with Crippen molar-refractivity contribution in [2.45, 2.75) is 12.1 Å². The minimum absolute atomic E-state index is 0.0173. The number of aryl methyl sites for hydroxylation is 1. The second-order valence-electron chi connectivity index (χ2n) is 7.08. The molecule has 2 amide bonds. The van der Waals surface area contributed by atoms with Gasteiger partial charge < -0.3 is 15.1 Å². The average molecular weight is 463 g/mol. The van der Waals surface area contributed by atoms with Crippen LogP contribution in [0, 0.1) is 12.7 Å². The van der Waals surface area contributed by atoms with E-state index in [0.717, 1.165) is 22.9 Å². The first kappa shape index (κ1) is 22.2. The maximum absolute atomic E-state index is 13.1. The number of halogens is 1. The van der Waals surface area contributed by atoms with Gasteiger partial charge in [0, 0.05) is 11.3 Å². The summed E-state index contributed by atoms with van der Waals surface area (Å²) in [7, 11) is 0. The van der Waals surface area contributed by atoms with Gasteiger partial charge in [0.05, 0.1) is 17.0 Å². The summed E-state index contributed by atoms with van der Waals surface area (Å²) < 4.78 is 18.7. The highest BCUT2D eigenvalue weighted by molar-refractivity contribution is 7.99. The van der Waals surface area contributed by atoms with Gasteiger partial charge in [-0.1, -0.05) is 41.6 Å². The van der Waals surface area contributed by atoms with Crippen molar-refractivity contribution in [2.24, 2.45) is 0 Å². The molecular weight excluding hydrogens is 443 g/mol. The maximum atomic E-state index is 13.1. The number of hydrogen-bond acceptors (Lipinski definition) is 6. The highest BCUT2D eigenvalue weighted by Crippen LogP contribution is 2.24. The highest BCUT2D eigenvalue weighted by atomic mass is 32.2. The summed E-state index contributed by atoms with van der Waals surface area (Å²) in [5.74, 6) is -0.767. The molecule has 4 aromatic rings. The lowest BCUT2D eigenvalue weighted by atomic mass is 10.1. The van der Waals surface area contributed by atoms with E-state index in [1.54, 1.807) is 24.3 Å². The van der Waals surface area contributed by atoms with Crippen molar-refractivity contribution in [2.75, 3.05) is 16.4 Å². The summed E-state index contributed by atoms with van der Waals surface area (Å²) in [5, 5.41) is 13.7. The second-order valence-corrected chi connectivity index (χ2v) is 8.01. The van der Waals surface area contributed by atoms with Crippen molar-refractivity contribution in [3.8, 4) is 11.5 Å². The molecular formula is C24H19FN4O3S. The molecule has 0 saturated heterocycles. The van der Waals surface area contributed by atoms with E-state index < -0.39 is 11.7 Å². The first-order chi connectivity index (χ1) is 16.0. The summed E-state index contributed by atoms with van der Waals surface area (Å²) >= 11 is 1.10. The molecule has 0 bridgehead atoms. The Labute approximate surface area is 193 Å². The molecule has 0 aliphatic heterocycles. The minimum atomic E-state index is -0.426. The lowest BCUT2D eigenvalue weighted by molar-refractivity contribution is -0.113. The SMILES string of the molecule is Cc1ccc(-c2nnc(SCC(=O)Nc3ccccc3C(=O)Nc3ccc(F)cc3)o2)cc1. The van der Waals surface area contributed by atoms with Gasteiger partial charge in [-0.15, -0.1) is 10.2 Å². The molecule has 0 fully saturated rings. The Hall–Kier alpha value is -3.98. The molecule has 4 rings (SSSR count). The van der Waals surface area contributed by atoms with Crippen LogP contribution in [0.1, 0.15) is 15.9 Å². The Kier molecular flexibility index (Phi) is 6.80. The van der Waals surface area contributed by atoms with Crippen molar-refractivity contribution in [3.63, 3.8) is 0 Å². The van der Waals surface area contributed by atoms with E-state index in [9.17, 15) is 14.0 Å². The van der Waals surface area contributed by atoms with Crippen LogP contribution in [0.4, 0.5) is 15.8 Å². The molecule has 0 aliphatic rings. The Morgan fingerprint density at radius 3 is 2.42 bits per heavy atom. The van der Waals surface area contributed by atoms with E-state index >= 15 is 0 Å². The monoisotopic (exact) mass is 462 g/mol. The third kappa shape index (κ3) is 5.83. The molecule has 7 nitrogen and oxygen atoms in total. The maximum Gasteiger partial charge on any atom is 0.277 e. The van der Waals surface area contributed by atoms with Crippen LogP contribution in [0.5, 0.6) is 0 Å². The molecule has 0 aliphatic carbocycles. The van der Waals surface area contributed by atoms with Gasteiger partial charge in [0.25, 0.3) is 11.1 Å². The van der Waals surface area contributed by atoms with Crippen molar-refractivity contribution in [1.82, 2.24) is 10.2 Å². The van der Waals surface area contributed by atoms with E-state index in [-0.39, 0.29) is 22.4 Å². The zero-order valence-electron chi connectivity index (χ0n) is 17.5. The predicted octanol–water partition coefficient (Wildman–Crippen LogP) is 5.17. The molecule has 33 heavy (non-hydrogen) atoms. The normalized spacial score (nSPS) is 10.6. The van der Waals surface area contributed by atoms with E-state index in [0.29, 0.717) is 17.3 Å². The number of thioether (sulfide) groups is 1. The first-order valence-electron chi connectivity index (χ1n) is 9.97. The molecule has 2 N–H and O–H groups in total. The smallest absolute Gasteiger partial charge is 0.277 e. The summed E-state index contributed by atoms with van der Waals surface area (Å²) in [4.78, 5) is 25.1. The second kappa shape index (κ2) is 10.1. The van der Waals surface area contributed by atoms with Gasteiger partial charge in [-0.05, 0) is 55.5 Å². The number of nitrogens with zero attached hydrogens (tertiary/aromatic N) is 2. The zero-order valence-corrected chi connectivity index (χ0v) is 18.4. The molecule has 3 aromatic carbocycles. The Morgan fingerprint density at radius 1 is 0.939 bits per heavy atom. The van der Waals surface area contributed by atoms with Gasteiger partial charge >= 0.3 is 0 Å². The Morgan fingerprint density at radius 2 is 1.67 bits per heavy atom. The number of para-hydroxylation sites is 1. The lowest BCUT2D eigenvalue weighted by Gasteiger charge is -2.11. The minimum Gasteiger partial charge on any atom is -0.411 e. The van der Waals surface area contributed by atoms with Crippen LogP contribution in [0.25, 0.3) is 11.5 Å². The van der Waals surface area contributed by atoms with Gasteiger partial charge in [0.2, 0.25) is 11.8 Å². The van der Waals surface area contributed by atoms with E-state index in [2.05, 4.69) is 20.8 Å². The molecule has 1 heterocycles. The summed E-state index contributed by atoms with van der Waals surface area (Å²) in [5.41, 5.74) is 2.99. The molecule has 0 saturated carbocycles. The van der Waals surface area contributed by atoms with Crippen LogP contribution < -0.4 is 10.6 Å². The van der Waals surface area contributed by atoms with Crippen LogP contribution in [-0.4, -0.2) is 27.8 Å². The number of benzene rings is 3. The fourth-order valence-corrected chi connectivity index (χ4v) is 3.48. The van der Waals surface area contributed by atoms with Crippen LogP contribution in [0.15, 0.2) is 82.4 Å². The number of hydrogen-bond donors (Lipinski definition) is 2. The number of nitrogens with one attached hydrogen (secondary N) is 2. The largest absolute Gasteiger partial charge is 0.411 e. The zero-order chi connectivity index (χ0) is 23.2. The van der Waals surface area contributed by atoms with Crippen molar-refractivity contribution in [3.05, 3.63) is 89.7 Å². The summed E-state index contributed by atoms with van der Waals surface area (Å²) in [6.07, 6.45) is 0. The van der Waals surface area contributed by atoms with Gasteiger partial charge in [-0.25, -0.2) is 4.39 Å². The third-order valence-corrected chi connectivity index (χ3v) is 5.40. The molecule has 0 atom stereocenters. The number of amides is 2. The quantitative estimate of drug-likeness (QED) is 0.368. The van der Waals surface area contributed by atoms with Gasteiger partial charge in [0.1, 0.15) is 5.82 Å². The van der Waals surface area contributed by atoms with Gasteiger partial charge in [0.15, 0.2) is 0 Å². The lowest BCUT2D eigenvalue weighted by Crippen LogP contribution is -2.19. The van der Waals surface area contributed by atoms with E-state index in [1.807, 2.05) is 31.2 Å². The van der Waals surface area contributed by atoms with Crippen molar-refractivity contribution < 1.29 is 18.4 Å². The molecule has 1 aromatic heterocycles. The number of rotatable bonds is 7. The highest BCUT2D eigenvalue weighted by Gasteiger charge is 2.15. The van der Waals surface area contributed by atoms with E-state index in [4.69, 9.17) is 4.42 Å². The fraction of sp³-hybridized carbons (Fsp3) is 0.0833. The molecule has 0 spiro atoms. The number of carbonyl (C=O) groups is 2. The van der Waals surface area contributed by atoms with Crippen LogP contribution in [-0.2, 0) is 4.79 Å². The summed E-state index contributed by atoms with van der Waals surface area (Å²) in [6, 6.07) is 19.7. The summed E-state index contributed by atoms with van der Waals surface area (Å²) in [6.45, 7) is 1.99. The Balaban J connectivity index is 1.37. The van der Waals surface area contributed by atoms with Gasteiger partial charge in [-0.3, -0.25) is 9.59 Å². The topological polar surface area (TPSA) is 97.1 Å². The average Bonchev–Trinajstić information content (AvgIpc) is 3.29. The number of carbonyl (C=O) groups excluding carboxylic acids is 2. The number of aromatic nitrogens is 2. The molecule has 166 valence electrons. The fourth-order valence-electron chi connectivity index (χ4n) is 2.92. The van der Waals surface area contributed by atoms with Crippen molar-refractivity contribution >= 4 is 35.0 Å². The van der Waals surface area contributed by atoms with Crippen LogP contribution in [0.3, 0.4) is 0 Å². The standard InChI is InChI=1S/C24H19FN4O3S/c1-15-6-8-16(9-7-15)23-28-29-24(32-23)33-14-21(30)27-20-5-3-2-4-19(20)22(31)26-18-12-10-17(25)11-13-18/h2-13H,14H2,1H3,(H,26,31)(H,27,30). The van der Waals surface area contributed by atoms with Crippen molar-refractivity contribution in [1.29, 1.82) is 0 Å².